The van der Waals surface area contributed by atoms with E-state index in [2.05, 4.69) is 18.1 Å². The molecule has 0 saturated carbocycles. The van der Waals surface area contributed by atoms with Crippen molar-refractivity contribution in [2.45, 2.75) is 12.8 Å². The third kappa shape index (κ3) is 2.77. The summed E-state index contributed by atoms with van der Waals surface area (Å²) in [6.07, 6.45) is 3.52. The molecular weight excluding hydrogens is 136 g/mol. The Morgan fingerprint density at radius 2 is 1.91 bits per heavy atom. The molecule has 11 heavy (non-hydrogen) atoms. The summed E-state index contributed by atoms with van der Waals surface area (Å²) >= 11 is 0. The van der Waals surface area contributed by atoms with Crippen LogP contribution in [-0.2, 0) is 6.42 Å². The van der Waals surface area contributed by atoms with Crippen molar-refractivity contribution in [2.75, 3.05) is 0 Å². The van der Waals surface area contributed by atoms with Gasteiger partial charge in [0.05, 0.1) is 0 Å². The van der Waals surface area contributed by atoms with Gasteiger partial charge in [-0.2, -0.15) is 0 Å². The third-order valence-electron chi connectivity index (χ3n) is 1.46. The highest BCUT2D eigenvalue weighted by Crippen LogP contribution is 2.00. The summed E-state index contributed by atoms with van der Waals surface area (Å²) in [6, 6.07) is 10.1. The van der Waals surface area contributed by atoms with Crippen molar-refractivity contribution in [3.63, 3.8) is 0 Å². The van der Waals surface area contributed by atoms with Crippen LogP contribution < -0.4 is 0 Å². The number of hydrogen-bond acceptors (Lipinski definition) is 1. The number of aliphatic hydroxyl groups excluding tert-OH is 1. The fraction of sp³-hybridized carbons (Fsp3) is 0.200. The highest BCUT2D eigenvalue weighted by Gasteiger charge is 1.86. The van der Waals surface area contributed by atoms with Crippen LogP contribution in [0.1, 0.15) is 12.0 Å². The highest BCUT2D eigenvalue weighted by atomic mass is 16.2. The van der Waals surface area contributed by atoms with E-state index in [1.165, 1.54) is 5.56 Å². The Hall–Kier alpha value is -1.42. The monoisotopic (exact) mass is 146 g/mol. The zero-order valence-electron chi connectivity index (χ0n) is 6.25. The van der Waals surface area contributed by atoms with Crippen molar-refractivity contribution in [3.05, 3.63) is 35.9 Å². The van der Waals surface area contributed by atoms with E-state index in [4.69, 9.17) is 5.11 Å². The average Bonchev–Trinajstić information content (AvgIpc) is 2.07. The first-order valence-corrected chi connectivity index (χ1v) is 3.59. The van der Waals surface area contributed by atoms with Gasteiger partial charge in [-0.25, -0.2) is 0 Å². The van der Waals surface area contributed by atoms with Crippen molar-refractivity contribution in [1.82, 2.24) is 0 Å². The van der Waals surface area contributed by atoms with Crippen LogP contribution in [0.15, 0.2) is 30.3 Å². The van der Waals surface area contributed by atoms with Crippen molar-refractivity contribution in [1.29, 1.82) is 0 Å². The highest BCUT2D eigenvalue weighted by molar-refractivity contribution is 5.15. The maximum atomic E-state index is 8.18. The average molecular weight is 146 g/mol. The molecule has 0 aliphatic heterocycles. The second kappa shape index (κ2) is 4.40. The molecule has 56 valence electrons. The van der Waals surface area contributed by atoms with Crippen LogP contribution in [0.25, 0.3) is 0 Å². The Kier molecular flexibility index (Phi) is 3.08. The van der Waals surface area contributed by atoms with E-state index in [0.29, 0.717) is 0 Å². The van der Waals surface area contributed by atoms with Gasteiger partial charge in [-0.15, -0.1) is 0 Å². The Labute approximate surface area is 66.7 Å². The molecule has 0 aliphatic carbocycles. The zero-order chi connectivity index (χ0) is 7.94. The Balaban J connectivity index is 2.43. The van der Waals surface area contributed by atoms with E-state index in [0.717, 1.165) is 12.8 Å². The maximum Gasteiger partial charge on any atom is 0.107 e. The van der Waals surface area contributed by atoms with Crippen molar-refractivity contribution >= 4 is 0 Å². The zero-order valence-corrected chi connectivity index (χ0v) is 6.25. The first-order valence-electron chi connectivity index (χ1n) is 3.59. The summed E-state index contributed by atoms with van der Waals surface area (Å²) in [7, 11) is 0. The number of hydrogen-bond donors (Lipinski definition) is 1. The largest absolute Gasteiger partial charge is 0.462 e. The summed E-state index contributed by atoms with van der Waals surface area (Å²) in [4.78, 5) is 0. The van der Waals surface area contributed by atoms with Gasteiger partial charge in [0.15, 0.2) is 0 Å². The van der Waals surface area contributed by atoms with Crippen molar-refractivity contribution in [3.8, 4) is 12.0 Å². The fourth-order valence-corrected chi connectivity index (χ4v) is 0.907. The van der Waals surface area contributed by atoms with E-state index in [1.807, 2.05) is 24.3 Å². The van der Waals surface area contributed by atoms with Gasteiger partial charge >= 0.3 is 0 Å². The first-order chi connectivity index (χ1) is 5.43. The minimum atomic E-state index is 0.723. The molecule has 1 aromatic carbocycles. The topological polar surface area (TPSA) is 20.2 Å². The van der Waals surface area contributed by atoms with Gasteiger partial charge in [0.25, 0.3) is 0 Å². The number of benzene rings is 1. The summed E-state index contributed by atoms with van der Waals surface area (Å²) < 4.78 is 0. The van der Waals surface area contributed by atoms with Crippen molar-refractivity contribution < 1.29 is 5.11 Å². The van der Waals surface area contributed by atoms with E-state index in [9.17, 15) is 0 Å². The third-order valence-corrected chi connectivity index (χ3v) is 1.46. The van der Waals surface area contributed by atoms with Crippen LogP contribution in [0, 0.1) is 12.0 Å². The predicted molar refractivity (Wildman–Crippen MR) is 44.5 cm³/mol. The van der Waals surface area contributed by atoms with Gasteiger partial charge < -0.3 is 5.11 Å². The molecular formula is C10H10O. The Bertz CT molecular complexity index is 253. The molecule has 1 aromatic rings. The molecule has 0 saturated heterocycles. The maximum absolute atomic E-state index is 8.18. The molecule has 0 fully saturated rings. The molecule has 0 aliphatic rings. The second-order valence-electron chi connectivity index (χ2n) is 2.27. The van der Waals surface area contributed by atoms with Crippen LogP contribution >= 0.6 is 0 Å². The smallest absolute Gasteiger partial charge is 0.107 e. The minimum absolute atomic E-state index is 0.723. The quantitative estimate of drug-likeness (QED) is 0.632. The van der Waals surface area contributed by atoms with Crippen LogP contribution in [-0.4, -0.2) is 5.11 Å². The molecule has 0 heterocycles. The van der Waals surface area contributed by atoms with E-state index >= 15 is 0 Å². The summed E-state index contributed by atoms with van der Waals surface area (Å²) in [5.74, 6) is 2.60. The molecule has 1 rings (SSSR count). The van der Waals surface area contributed by atoms with E-state index in [-0.39, 0.29) is 0 Å². The summed E-state index contributed by atoms with van der Waals surface area (Å²) in [5, 5.41) is 8.18. The first kappa shape index (κ1) is 7.68. The standard InChI is InChI=1S/C10H10O/c11-9-5-4-8-10-6-2-1-3-7-10/h1-3,6-7,11H,4,8H2. The molecule has 1 nitrogen and oxygen atoms in total. The lowest BCUT2D eigenvalue weighted by molar-refractivity contribution is 0.516. The lowest BCUT2D eigenvalue weighted by Crippen LogP contribution is -1.81. The lowest BCUT2D eigenvalue weighted by Gasteiger charge is -1.93. The minimum Gasteiger partial charge on any atom is -0.462 e. The molecule has 0 aromatic heterocycles. The van der Waals surface area contributed by atoms with Gasteiger partial charge in [0, 0.05) is 6.42 Å². The SMILES string of the molecule is OC#CCCc1ccccc1. The second-order valence-corrected chi connectivity index (χ2v) is 2.27. The predicted octanol–water partition coefficient (Wildman–Crippen LogP) is 1.95. The van der Waals surface area contributed by atoms with Gasteiger partial charge in [-0.3, -0.25) is 0 Å². The van der Waals surface area contributed by atoms with E-state index in [1.54, 1.807) is 0 Å². The molecule has 1 heteroatoms. The fourth-order valence-electron chi connectivity index (χ4n) is 0.907. The molecule has 0 bridgehead atoms. The van der Waals surface area contributed by atoms with Gasteiger partial charge in [0.1, 0.15) is 6.11 Å². The molecule has 0 unspecified atom stereocenters. The molecule has 0 radical (unpaired) electrons. The molecule has 0 spiro atoms. The Morgan fingerprint density at radius 1 is 1.18 bits per heavy atom. The summed E-state index contributed by atoms with van der Waals surface area (Å²) in [6.45, 7) is 0. The molecule has 1 N–H and O–H groups in total. The Morgan fingerprint density at radius 3 is 2.55 bits per heavy atom. The van der Waals surface area contributed by atoms with Gasteiger partial charge in [-0.05, 0) is 12.0 Å². The van der Waals surface area contributed by atoms with E-state index < -0.39 is 0 Å². The van der Waals surface area contributed by atoms with Gasteiger partial charge in [-0.1, -0.05) is 36.3 Å². The van der Waals surface area contributed by atoms with Crippen LogP contribution in [0.3, 0.4) is 0 Å². The molecule has 0 atom stereocenters. The number of rotatable bonds is 2. The van der Waals surface area contributed by atoms with Crippen LogP contribution in [0.5, 0.6) is 0 Å². The normalized spacial score (nSPS) is 8.36. The number of aryl methyl sites for hydroxylation is 1. The summed E-state index contributed by atoms with van der Waals surface area (Å²) in [5.41, 5.74) is 1.26. The van der Waals surface area contributed by atoms with Crippen LogP contribution in [0.4, 0.5) is 0 Å². The molecule has 0 amide bonds. The van der Waals surface area contributed by atoms with Crippen molar-refractivity contribution in [2.24, 2.45) is 0 Å². The van der Waals surface area contributed by atoms with Gasteiger partial charge in [0.2, 0.25) is 0 Å². The van der Waals surface area contributed by atoms with Crippen LogP contribution in [0.2, 0.25) is 0 Å². The lowest BCUT2D eigenvalue weighted by atomic mass is 10.1. The number of aliphatic hydroxyl groups is 1.